The summed E-state index contributed by atoms with van der Waals surface area (Å²) in [5, 5.41) is 14.2. The Balaban J connectivity index is 2.09. The van der Waals surface area contributed by atoms with E-state index < -0.39 is 10.8 Å². The van der Waals surface area contributed by atoms with Crippen LogP contribution in [0, 0.1) is 10.1 Å². The Kier molecular flexibility index (Phi) is 6.54. The zero-order valence-corrected chi connectivity index (χ0v) is 13.4. The van der Waals surface area contributed by atoms with E-state index in [9.17, 15) is 14.9 Å². The van der Waals surface area contributed by atoms with Crippen molar-refractivity contribution in [2.24, 2.45) is 0 Å². The second kappa shape index (κ2) is 9.08. The van der Waals surface area contributed by atoms with Crippen LogP contribution in [0.15, 0.2) is 30.7 Å². The molecule has 0 atom stereocenters. The first kappa shape index (κ1) is 18.0. The zero-order chi connectivity index (χ0) is 18.1. The number of hydrogen-bond donors (Lipinski definition) is 3. The largest absolute Gasteiger partial charge is 0.385 e. The number of nitrogens with zero attached hydrogens (tertiary/aromatic N) is 4. The molecule has 0 saturated heterocycles. The van der Waals surface area contributed by atoms with Crippen molar-refractivity contribution in [3.05, 3.63) is 46.5 Å². The summed E-state index contributed by atoms with van der Waals surface area (Å²) in [7, 11) is 1.57. The molecule has 0 unspecified atom stereocenters. The molecule has 3 N–H and O–H groups in total. The lowest BCUT2D eigenvalue weighted by atomic mass is 10.3. The number of rotatable bonds is 9. The normalized spacial score (nSPS) is 10.1. The molecule has 0 aliphatic carbocycles. The summed E-state index contributed by atoms with van der Waals surface area (Å²) in [5.41, 5.74) is 4.54. The Morgan fingerprint density at radius 2 is 2.08 bits per heavy atom. The van der Waals surface area contributed by atoms with Gasteiger partial charge in [-0.15, -0.1) is 0 Å². The molecule has 2 aromatic rings. The minimum Gasteiger partial charge on any atom is -0.385 e. The summed E-state index contributed by atoms with van der Waals surface area (Å²) in [6, 6.07) is 4.83. The quantitative estimate of drug-likeness (QED) is 0.343. The fourth-order valence-electron chi connectivity index (χ4n) is 1.87. The number of hydrogen-bond acceptors (Lipinski definition) is 9. The van der Waals surface area contributed by atoms with Crippen molar-refractivity contribution in [3.63, 3.8) is 0 Å². The lowest BCUT2D eigenvalue weighted by Crippen LogP contribution is -2.31. The average molecular weight is 347 g/mol. The third-order valence-corrected chi connectivity index (χ3v) is 3.01. The molecule has 0 aliphatic rings. The molecule has 25 heavy (non-hydrogen) atoms. The minimum absolute atomic E-state index is 0.0469. The van der Waals surface area contributed by atoms with Crippen molar-refractivity contribution in [1.29, 1.82) is 0 Å². The molecule has 2 rings (SSSR count). The summed E-state index contributed by atoms with van der Waals surface area (Å²) in [6.07, 6.45) is 3.27. The molecule has 0 aliphatic heterocycles. The van der Waals surface area contributed by atoms with Crippen LogP contribution in [-0.4, -0.2) is 46.0 Å². The fourth-order valence-corrected chi connectivity index (χ4v) is 1.87. The molecule has 2 aromatic heterocycles. The predicted octanol–water partition coefficient (Wildman–Crippen LogP) is 0.985. The van der Waals surface area contributed by atoms with Crippen molar-refractivity contribution in [2.45, 2.75) is 6.42 Å². The van der Waals surface area contributed by atoms with Crippen LogP contribution in [0.25, 0.3) is 0 Å². The summed E-state index contributed by atoms with van der Waals surface area (Å²) in [4.78, 5) is 34.2. The van der Waals surface area contributed by atoms with Crippen LogP contribution in [0.5, 0.6) is 0 Å². The van der Waals surface area contributed by atoms with Crippen molar-refractivity contribution >= 4 is 23.2 Å². The number of hydrazine groups is 1. The first-order valence-electron chi connectivity index (χ1n) is 7.33. The lowest BCUT2D eigenvalue weighted by Gasteiger charge is -2.10. The summed E-state index contributed by atoms with van der Waals surface area (Å²) >= 11 is 0. The first-order chi connectivity index (χ1) is 12.1. The van der Waals surface area contributed by atoms with Crippen LogP contribution < -0.4 is 16.2 Å². The van der Waals surface area contributed by atoms with E-state index >= 15 is 0 Å². The van der Waals surface area contributed by atoms with Gasteiger partial charge in [-0.2, -0.15) is 0 Å². The average Bonchev–Trinajstić information content (AvgIpc) is 2.63. The molecule has 0 fully saturated rings. The van der Waals surface area contributed by atoms with Gasteiger partial charge in [0.15, 0.2) is 0 Å². The van der Waals surface area contributed by atoms with Gasteiger partial charge >= 0.3 is 5.69 Å². The maximum absolute atomic E-state index is 11.9. The van der Waals surface area contributed by atoms with Gasteiger partial charge in [0.25, 0.3) is 5.91 Å². The van der Waals surface area contributed by atoms with E-state index in [0.29, 0.717) is 19.6 Å². The number of carbonyl (C=O) groups is 1. The van der Waals surface area contributed by atoms with Gasteiger partial charge in [-0.3, -0.25) is 30.7 Å². The molecule has 0 spiro atoms. The van der Waals surface area contributed by atoms with Gasteiger partial charge in [0.2, 0.25) is 11.6 Å². The van der Waals surface area contributed by atoms with E-state index in [0.717, 1.165) is 6.33 Å². The Morgan fingerprint density at radius 3 is 2.76 bits per heavy atom. The SMILES string of the molecule is COCCCNc1ncnc(NNC(=O)c2ccccn2)c1[N+](=O)[O-]. The molecule has 2 heterocycles. The highest BCUT2D eigenvalue weighted by atomic mass is 16.6. The molecule has 11 heteroatoms. The summed E-state index contributed by atoms with van der Waals surface area (Å²) in [6.45, 7) is 0.947. The van der Waals surface area contributed by atoms with Gasteiger partial charge in [-0.1, -0.05) is 6.07 Å². The van der Waals surface area contributed by atoms with Gasteiger partial charge in [-0.25, -0.2) is 9.97 Å². The van der Waals surface area contributed by atoms with E-state index in [4.69, 9.17) is 4.74 Å². The van der Waals surface area contributed by atoms with Gasteiger partial charge in [0, 0.05) is 26.5 Å². The highest BCUT2D eigenvalue weighted by Crippen LogP contribution is 2.28. The van der Waals surface area contributed by atoms with Crippen LogP contribution in [0.4, 0.5) is 17.3 Å². The molecular weight excluding hydrogens is 330 g/mol. The number of aromatic nitrogens is 3. The van der Waals surface area contributed by atoms with E-state index in [1.165, 1.54) is 12.3 Å². The monoisotopic (exact) mass is 347 g/mol. The number of carbonyl (C=O) groups excluding carboxylic acids is 1. The molecule has 0 aromatic carbocycles. The van der Waals surface area contributed by atoms with Crippen molar-refractivity contribution in [1.82, 2.24) is 20.4 Å². The minimum atomic E-state index is -0.631. The number of methoxy groups -OCH3 is 1. The Hall–Kier alpha value is -3.34. The third-order valence-electron chi connectivity index (χ3n) is 3.01. The van der Waals surface area contributed by atoms with E-state index in [1.807, 2.05) is 0 Å². The topological polar surface area (TPSA) is 144 Å². The predicted molar refractivity (Wildman–Crippen MR) is 89.0 cm³/mol. The maximum Gasteiger partial charge on any atom is 0.354 e. The molecule has 11 nitrogen and oxygen atoms in total. The number of nitrogens with one attached hydrogen (secondary N) is 3. The summed E-state index contributed by atoms with van der Waals surface area (Å²) < 4.78 is 4.92. The van der Waals surface area contributed by atoms with Crippen LogP contribution >= 0.6 is 0 Å². The van der Waals surface area contributed by atoms with Crippen molar-refractivity contribution in [2.75, 3.05) is 31.0 Å². The molecule has 0 saturated carbocycles. The maximum atomic E-state index is 11.9. The number of amides is 1. The van der Waals surface area contributed by atoms with E-state index in [2.05, 4.69) is 31.1 Å². The van der Waals surface area contributed by atoms with Crippen molar-refractivity contribution in [3.8, 4) is 0 Å². The Labute approximate surface area is 143 Å². The molecule has 0 radical (unpaired) electrons. The smallest absolute Gasteiger partial charge is 0.354 e. The number of anilines is 2. The Bertz CT molecular complexity index is 726. The lowest BCUT2D eigenvalue weighted by molar-refractivity contribution is -0.383. The standard InChI is InChI=1S/C14H17N7O4/c1-25-8-4-7-16-12-11(21(23)24)13(18-9-17-12)19-20-14(22)10-5-2-3-6-15-10/h2-3,5-6,9H,4,7-8H2,1H3,(H,20,22)(H2,16,17,18,19). The van der Waals surface area contributed by atoms with Crippen LogP contribution in [0.3, 0.4) is 0 Å². The second-order valence-electron chi connectivity index (χ2n) is 4.74. The van der Waals surface area contributed by atoms with Gasteiger partial charge in [0.05, 0.1) is 4.92 Å². The Morgan fingerprint density at radius 1 is 1.28 bits per heavy atom. The van der Waals surface area contributed by atoms with Gasteiger partial charge in [-0.05, 0) is 18.6 Å². The van der Waals surface area contributed by atoms with Crippen LogP contribution in [0.2, 0.25) is 0 Å². The van der Waals surface area contributed by atoms with Crippen LogP contribution in [0.1, 0.15) is 16.9 Å². The molecule has 1 amide bonds. The van der Waals surface area contributed by atoms with Gasteiger partial charge in [0.1, 0.15) is 12.0 Å². The second-order valence-corrected chi connectivity index (χ2v) is 4.74. The van der Waals surface area contributed by atoms with E-state index in [1.54, 1.807) is 19.2 Å². The summed E-state index contributed by atoms with van der Waals surface area (Å²) in [5.74, 6) is -0.646. The van der Waals surface area contributed by atoms with Crippen molar-refractivity contribution < 1.29 is 14.5 Å². The third kappa shape index (κ3) is 5.07. The number of nitro groups is 1. The number of pyridine rings is 1. The molecular formula is C14H17N7O4. The van der Waals surface area contributed by atoms with Gasteiger partial charge < -0.3 is 10.1 Å². The fraction of sp³-hybridized carbons (Fsp3) is 0.286. The zero-order valence-electron chi connectivity index (χ0n) is 13.4. The first-order valence-corrected chi connectivity index (χ1v) is 7.33. The van der Waals surface area contributed by atoms with Crippen LogP contribution in [-0.2, 0) is 4.74 Å². The number of ether oxygens (including phenoxy) is 1. The van der Waals surface area contributed by atoms with E-state index in [-0.39, 0.29) is 23.0 Å². The molecule has 132 valence electrons. The molecule has 0 bridgehead atoms. The highest BCUT2D eigenvalue weighted by Gasteiger charge is 2.23. The highest BCUT2D eigenvalue weighted by molar-refractivity contribution is 5.93.